The number of piperidine rings is 1. The van der Waals surface area contributed by atoms with Crippen LogP contribution in [-0.4, -0.2) is 28.6 Å². The Kier molecular flexibility index (Phi) is 4.40. The lowest BCUT2D eigenvalue weighted by atomic mass is 9.93. The first kappa shape index (κ1) is 13.6. The predicted octanol–water partition coefficient (Wildman–Crippen LogP) is 3.38. The molecule has 1 aromatic heterocycles. The largest absolute Gasteiger partial charge is 0.480 e. The van der Waals surface area contributed by atoms with Crippen LogP contribution in [0.3, 0.4) is 0 Å². The van der Waals surface area contributed by atoms with E-state index in [2.05, 4.69) is 36.3 Å². The van der Waals surface area contributed by atoms with Crippen molar-refractivity contribution in [3.8, 4) is 0 Å². The van der Waals surface area contributed by atoms with Crippen LogP contribution in [0.2, 0.25) is 0 Å². The van der Waals surface area contributed by atoms with Gasteiger partial charge in [0.2, 0.25) is 0 Å². The second-order valence-corrected chi connectivity index (χ2v) is 6.27. The topological polar surface area (TPSA) is 40.5 Å². The molecule has 1 aromatic rings. The van der Waals surface area contributed by atoms with E-state index in [0.717, 1.165) is 25.8 Å². The van der Waals surface area contributed by atoms with Gasteiger partial charge in [-0.1, -0.05) is 26.3 Å². The van der Waals surface area contributed by atoms with E-state index >= 15 is 0 Å². The fourth-order valence-electron chi connectivity index (χ4n) is 2.89. The summed E-state index contributed by atoms with van der Waals surface area (Å²) in [6.07, 6.45) is 2.92. The average Bonchev–Trinajstić information content (AvgIpc) is 2.83. The van der Waals surface area contributed by atoms with Crippen molar-refractivity contribution >= 4 is 17.3 Å². The van der Waals surface area contributed by atoms with Gasteiger partial charge in [-0.15, -0.1) is 11.3 Å². The molecule has 0 saturated carbocycles. The van der Waals surface area contributed by atoms with Gasteiger partial charge in [0, 0.05) is 10.9 Å². The number of aliphatic carboxylic acids is 1. The van der Waals surface area contributed by atoms with Crippen molar-refractivity contribution < 1.29 is 9.90 Å². The Morgan fingerprint density at radius 2 is 2.28 bits per heavy atom. The van der Waals surface area contributed by atoms with Gasteiger partial charge in [-0.05, 0) is 36.8 Å². The lowest BCUT2D eigenvalue weighted by Crippen LogP contribution is -2.47. The van der Waals surface area contributed by atoms with Crippen molar-refractivity contribution in [2.24, 2.45) is 5.92 Å². The standard InChI is InChI=1S/C14H21NO2S/c1-10(2)13(12-7-5-9-18-12)15-8-4-3-6-11(15)14(16)17/h5,7,9-11,13H,3-4,6,8H2,1-2H3,(H,16,17). The van der Waals surface area contributed by atoms with Gasteiger partial charge in [0.15, 0.2) is 0 Å². The average molecular weight is 267 g/mol. The molecule has 0 spiro atoms. The molecule has 3 nitrogen and oxygen atoms in total. The minimum Gasteiger partial charge on any atom is -0.480 e. The monoisotopic (exact) mass is 267 g/mol. The SMILES string of the molecule is CC(C)C(c1cccs1)N1CCCCC1C(=O)O. The summed E-state index contributed by atoms with van der Waals surface area (Å²) >= 11 is 1.73. The molecule has 1 aliphatic heterocycles. The van der Waals surface area contributed by atoms with Gasteiger partial charge >= 0.3 is 5.97 Å². The van der Waals surface area contributed by atoms with Crippen LogP contribution in [0.1, 0.15) is 44.0 Å². The first-order valence-corrected chi connectivity index (χ1v) is 7.51. The third-order valence-corrected chi connectivity index (χ3v) is 4.60. The lowest BCUT2D eigenvalue weighted by Gasteiger charge is -2.40. The number of hydrogen-bond acceptors (Lipinski definition) is 3. The van der Waals surface area contributed by atoms with E-state index in [1.165, 1.54) is 4.88 Å². The summed E-state index contributed by atoms with van der Waals surface area (Å²) in [7, 11) is 0. The highest BCUT2D eigenvalue weighted by Gasteiger charge is 2.35. The van der Waals surface area contributed by atoms with E-state index in [4.69, 9.17) is 0 Å². The second kappa shape index (κ2) is 5.85. The molecule has 1 saturated heterocycles. The zero-order valence-electron chi connectivity index (χ0n) is 11.0. The Morgan fingerprint density at radius 3 is 2.83 bits per heavy atom. The molecule has 1 N–H and O–H groups in total. The Morgan fingerprint density at radius 1 is 1.50 bits per heavy atom. The fourth-order valence-corrected chi connectivity index (χ4v) is 3.90. The first-order valence-electron chi connectivity index (χ1n) is 6.63. The van der Waals surface area contributed by atoms with Gasteiger partial charge in [-0.25, -0.2) is 0 Å². The molecular formula is C14H21NO2S. The molecule has 2 unspecified atom stereocenters. The van der Waals surface area contributed by atoms with E-state index in [0.29, 0.717) is 5.92 Å². The summed E-state index contributed by atoms with van der Waals surface area (Å²) in [5.41, 5.74) is 0. The van der Waals surface area contributed by atoms with E-state index < -0.39 is 5.97 Å². The summed E-state index contributed by atoms with van der Waals surface area (Å²) in [5, 5.41) is 11.5. The van der Waals surface area contributed by atoms with Crippen molar-refractivity contribution in [2.75, 3.05) is 6.54 Å². The molecule has 0 aliphatic carbocycles. The van der Waals surface area contributed by atoms with Crippen LogP contribution >= 0.6 is 11.3 Å². The maximum atomic E-state index is 11.4. The van der Waals surface area contributed by atoms with Crippen LogP contribution in [-0.2, 0) is 4.79 Å². The molecule has 18 heavy (non-hydrogen) atoms. The van der Waals surface area contributed by atoms with E-state index in [9.17, 15) is 9.90 Å². The van der Waals surface area contributed by atoms with Crippen molar-refractivity contribution in [2.45, 2.75) is 45.2 Å². The Bertz CT molecular complexity index is 389. The number of rotatable bonds is 4. The molecule has 0 bridgehead atoms. The highest BCUT2D eigenvalue weighted by Crippen LogP contribution is 2.36. The second-order valence-electron chi connectivity index (χ2n) is 5.29. The maximum Gasteiger partial charge on any atom is 0.320 e. The van der Waals surface area contributed by atoms with E-state index in [1.54, 1.807) is 11.3 Å². The lowest BCUT2D eigenvalue weighted by molar-refractivity contribution is -0.146. The van der Waals surface area contributed by atoms with Crippen LogP contribution in [0.15, 0.2) is 17.5 Å². The Labute approximate surface area is 112 Å². The van der Waals surface area contributed by atoms with Gasteiger partial charge in [0.25, 0.3) is 0 Å². The van der Waals surface area contributed by atoms with E-state index in [-0.39, 0.29) is 12.1 Å². The van der Waals surface area contributed by atoms with Crippen LogP contribution in [0.4, 0.5) is 0 Å². The molecule has 100 valence electrons. The number of carboxylic acids is 1. The van der Waals surface area contributed by atoms with Gasteiger partial charge in [-0.2, -0.15) is 0 Å². The van der Waals surface area contributed by atoms with Crippen LogP contribution < -0.4 is 0 Å². The molecule has 2 heterocycles. The number of hydrogen-bond donors (Lipinski definition) is 1. The van der Waals surface area contributed by atoms with Crippen LogP contribution in [0, 0.1) is 5.92 Å². The summed E-state index contributed by atoms with van der Waals surface area (Å²) < 4.78 is 0. The van der Waals surface area contributed by atoms with Gasteiger partial charge in [0.1, 0.15) is 6.04 Å². The van der Waals surface area contributed by atoms with Gasteiger partial charge in [-0.3, -0.25) is 9.69 Å². The maximum absolute atomic E-state index is 11.4. The van der Waals surface area contributed by atoms with E-state index in [1.807, 2.05) is 0 Å². The fraction of sp³-hybridized carbons (Fsp3) is 0.643. The third kappa shape index (κ3) is 2.75. The van der Waals surface area contributed by atoms with Crippen molar-refractivity contribution in [3.05, 3.63) is 22.4 Å². The third-order valence-electron chi connectivity index (χ3n) is 3.65. The molecule has 0 aromatic carbocycles. The molecule has 1 fully saturated rings. The molecule has 2 rings (SSSR count). The highest BCUT2D eigenvalue weighted by molar-refractivity contribution is 7.10. The molecule has 0 radical (unpaired) electrons. The summed E-state index contributed by atoms with van der Waals surface area (Å²) in [6.45, 7) is 5.26. The van der Waals surface area contributed by atoms with Crippen LogP contribution in [0.5, 0.6) is 0 Å². The molecular weight excluding hydrogens is 246 g/mol. The summed E-state index contributed by atoms with van der Waals surface area (Å²) in [5.74, 6) is -0.236. The quantitative estimate of drug-likeness (QED) is 0.909. The summed E-state index contributed by atoms with van der Waals surface area (Å²) in [6, 6.07) is 4.11. The molecule has 4 heteroatoms. The number of likely N-dealkylation sites (tertiary alicyclic amines) is 1. The first-order chi connectivity index (χ1) is 8.61. The molecule has 0 amide bonds. The molecule has 1 aliphatic rings. The van der Waals surface area contributed by atoms with Gasteiger partial charge in [0.05, 0.1) is 0 Å². The van der Waals surface area contributed by atoms with Crippen LogP contribution in [0.25, 0.3) is 0 Å². The minimum atomic E-state index is -0.670. The number of nitrogens with zero attached hydrogens (tertiary/aromatic N) is 1. The smallest absolute Gasteiger partial charge is 0.320 e. The normalized spacial score (nSPS) is 23.2. The Balaban J connectivity index is 2.26. The predicted molar refractivity (Wildman–Crippen MR) is 73.9 cm³/mol. The highest BCUT2D eigenvalue weighted by atomic mass is 32.1. The van der Waals surface area contributed by atoms with Crippen molar-refractivity contribution in [1.82, 2.24) is 4.90 Å². The minimum absolute atomic E-state index is 0.242. The number of thiophene rings is 1. The zero-order chi connectivity index (χ0) is 13.1. The van der Waals surface area contributed by atoms with Crippen molar-refractivity contribution in [3.63, 3.8) is 0 Å². The number of carbonyl (C=O) groups is 1. The Hall–Kier alpha value is -0.870. The molecule has 2 atom stereocenters. The van der Waals surface area contributed by atoms with Crippen molar-refractivity contribution in [1.29, 1.82) is 0 Å². The van der Waals surface area contributed by atoms with Gasteiger partial charge < -0.3 is 5.11 Å². The summed E-state index contributed by atoms with van der Waals surface area (Å²) in [4.78, 5) is 14.9. The number of carboxylic acid groups (broad SMARTS) is 1. The zero-order valence-corrected chi connectivity index (χ0v) is 11.8.